The number of hydrogen-bond donors (Lipinski definition) is 1. The molecule has 0 spiro atoms. The Kier molecular flexibility index (Phi) is 6.54. The maximum atomic E-state index is 13.4. The second-order valence-corrected chi connectivity index (χ2v) is 8.39. The van der Waals surface area contributed by atoms with Crippen molar-refractivity contribution in [3.63, 3.8) is 0 Å². The van der Waals surface area contributed by atoms with Crippen LogP contribution in [-0.2, 0) is 25.9 Å². The number of carboxylic acid groups (broad SMARTS) is 1. The Morgan fingerprint density at radius 1 is 1.03 bits per heavy atom. The van der Waals surface area contributed by atoms with E-state index < -0.39 is 42.2 Å². The minimum absolute atomic E-state index is 0.00581. The first-order valence-electron chi connectivity index (χ1n) is 10.6. The molecule has 1 aliphatic heterocycles. The van der Waals surface area contributed by atoms with Gasteiger partial charge in [0.1, 0.15) is 0 Å². The Morgan fingerprint density at radius 3 is 2.11 bits per heavy atom. The molecule has 1 amide bonds. The summed E-state index contributed by atoms with van der Waals surface area (Å²) >= 11 is 0. The summed E-state index contributed by atoms with van der Waals surface area (Å²) in [4.78, 5) is 22.5. The number of likely N-dealkylation sites (tertiary alicyclic amines) is 1. The summed E-state index contributed by atoms with van der Waals surface area (Å²) < 4.78 is 81.7. The van der Waals surface area contributed by atoms with Crippen molar-refractivity contribution < 1.29 is 36.2 Å². The van der Waals surface area contributed by atoms with Gasteiger partial charge in [-0.25, -0.2) is 14.8 Å². The van der Waals surface area contributed by atoms with Gasteiger partial charge in [0.25, 0.3) is 0 Å². The van der Waals surface area contributed by atoms with Gasteiger partial charge in [0, 0.05) is 56.4 Å². The Hall–Kier alpha value is -3.84. The van der Waals surface area contributed by atoms with Crippen LogP contribution in [0.4, 0.5) is 37.1 Å². The zero-order chi connectivity index (χ0) is 26.3. The highest BCUT2D eigenvalue weighted by molar-refractivity contribution is 5.65. The number of aryl methyl sites for hydroxylation is 1. The smallest absolute Gasteiger partial charge is 0.416 e. The number of nitrogens with zero attached hydrogens (tertiary/aromatic N) is 6. The first-order valence-corrected chi connectivity index (χ1v) is 10.6. The van der Waals surface area contributed by atoms with Crippen LogP contribution in [0.25, 0.3) is 11.1 Å². The largest absolute Gasteiger partial charge is 0.465 e. The maximum Gasteiger partial charge on any atom is 0.416 e. The van der Waals surface area contributed by atoms with Crippen LogP contribution in [0.1, 0.15) is 23.1 Å². The average molecular weight is 514 g/mol. The molecule has 0 unspecified atom stereocenters. The second-order valence-electron chi connectivity index (χ2n) is 8.39. The Bertz CT molecular complexity index is 1210. The average Bonchev–Trinajstić information content (AvgIpc) is 3.46. The van der Waals surface area contributed by atoms with Crippen LogP contribution < -0.4 is 4.90 Å². The predicted molar refractivity (Wildman–Crippen MR) is 115 cm³/mol. The molecule has 1 aromatic carbocycles. The lowest BCUT2D eigenvalue weighted by molar-refractivity contribution is -0.143. The lowest BCUT2D eigenvalue weighted by Crippen LogP contribution is -2.39. The maximum absolute atomic E-state index is 13.4. The molecule has 4 rings (SSSR count). The van der Waals surface area contributed by atoms with Gasteiger partial charge in [-0.2, -0.15) is 31.4 Å². The van der Waals surface area contributed by atoms with E-state index in [2.05, 4.69) is 15.1 Å². The van der Waals surface area contributed by atoms with Crippen LogP contribution >= 0.6 is 0 Å². The van der Waals surface area contributed by atoms with Gasteiger partial charge < -0.3 is 14.9 Å². The van der Waals surface area contributed by atoms with E-state index in [9.17, 15) is 36.2 Å². The highest BCUT2D eigenvalue weighted by Crippen LogP contribution is 2.37. The fraction of sp³-hybridized carbons (Fsp3) is 0.364. The van der Waals surface area contributed by atoms with Gasteiger partial charge in [-0.15, -0.1) is 0 Å². The minimum atomic E-state index is -4.99. The summed E-state index contributed by atoms with van der Waals surface area (Å²) in [6.07, 6.45) is -4.63. The van der Waals surface area contributed by atoms with Crippen molar-refractivity contribution in [3.8, 4) is 11.1 Å². The van der Waals surface area contributed by atoms with Crippen molar-refractivity contribution in [1.82, 2.24) is 24.6 Å². The number of rotatable bonds is 5. The van der Waals surface area contributed by atoms with Crippen LogP contribution in [0.5, 0.6) is 0 Å². The van der Waals surface area contributed by atoms with Gasteiger partial charge >= 0.3 is 18.4 Å². The summed E-state index contributed by atoms with van der Waals surface area (Å²) in [5, 5.41) is 13.4. The molecular weight excluding hydrogens is 494 g/mol. The number of amides is 1. The van der Waals surface area contributed by atoms with Crippen molar-refractivity contribution >= 4 is 12.0 Å². The van der Waals surface area contributed by atoms with E-state index in [4.69, 9.17) is 0 Å². The van der Waals surface area contributed by atoms with E-state index in [1.165, 1.54) is 17.3 Å². The number of aromatic nitrogens is 4. The van der Waals surface area contributed by atoms with Crippen LogP contribution in [0.15, 0.2) is 43.0 Å². The van der Waals surface area contributed by atoms with Crippen molar-refractivity contribution in [1.29, 1.82) is 0 Å². The van der Waals surface area contributed by atoms with E-state index in [-0.39, 0.29) is 30.7 Å². The van der Waals surface area contributed by atoms with Crippen LogP contribution in [-0.4, -0.2) is 55.0 Å². The molecule has 0 aliphatic carbocycles. The summed E-state index contributed by atoms with van der Waals surface area (Å²) in [5.74, 6) is 0.0471. The number of carbonyl (C=O) groups is 1. The van der Waals surface area contributed by atoms with Gasteiger partial charge in [-0.1, -0.05) is 0 Å². The third-order valence-electron chi connectivity index (χ3n) is 5.81. The van der Waals surface area contributed by atoms with Crippen molar-refractivity contribution in [3.05, 3.63) is 59.7 Å². The number of benzene rings is 1. The number of alkyl halides is 6. The van der Waals surface area contributed by atoms with Gasteiger partial charge in [-0.3, -0.25) is 4.68 Å². The molecule has 2 aromatic heterocycles. The molecule has 36 heavy (non-hydrogen) atoms. The summed E-state index contributed by atoms with van der Waals surface area (Å²) in [5.41, 5.74) is -1.81. The monoisotopic (exact) mass is 514 g/mol. The zero-order valence-electron chi connectivity index (χ0n) is 18.8. The SMILES string of the molecule is Cn1cc(-c2cnc(N(Cc3cc(C(F)(F)F)cc(C(F)(F)F)c3)[C@H]3CCN(C(=O)O)C3)nc2)cn1. The number of hydrogen-bond acceptors (Lipinski definition) is 5. The highest BCUT2D eigenvalue weighted by atomic mass is 19.4. The Morgan fingerprint density at radius 2 is 1.64 bits per heavy atom. The topological polar surface area (TPSA) is 87.4 Å². The quantitative estimate of drug-likeness (QED) is 0.498. The van der Waals surface area contributed by atoms with Crippen LogP contribution in [0, 0.1) is 0 Å². The Labute approximate surface area is 200 Å². The Balaban J connectivity index is 1.71. The highest BCUT2D eigenvalue weighted by Gasteiger charge is 2.38. The van der Waals surface area contributed by atoms with E-state index in [0.717, 1.165) is 4.90 Å². The predicted octanol–water partition coefficient (Wildman–Crippen LogP) is 4.67. The third kappa shape index (κ3) is 5.52. The summed E-state index contributed by atoms with van der Waals surface area (Å²) in [6.45, 7) is -0.244. The normalized spacial score (nSPS) is 16.4. The van der Waals surface area contributed by atoms with E-state index in [1.807, 2.05) is 0 Å². The first kappa shape index (κ1) is 25.3. The molecule has 0 radical (unpaired) electrons. The standard InChI is InChI=1S/C22H20F6N6O2/c1-32-11-15(9-31-32)14-7-29-19(30-8-14)34(18-2-3-33(12-18)20(35)36)10-13-4-16(21(23,24)25)6-17(5-13)22(26,27)28/h4-9,11,18H,2-3,10,12H2,1H3,(H,35,36)/t18-/m0/s1. The molecule has 1 N–H and O–H groups in total. The van der Waals surface area contributed by atoms with Crippen molar-refractivity contribution in [2.24, 2.45) is 7.05 Å². The van der Waals surface area contributed by atoms with Crippen LogP contribution in [0.3, 0.4) is 0 Å². The molecular formula is C22H20F6N6O2. The van der Waals surface area contributed by atoms with Gasteiger partial charge in [0.15, 0.2) is 0 Å². The van der Waals surface area contributed by atoms with Gasteiger partial charge in [0.05, 0.1) is 23.4 Å². The van der Waals surface area contributed by atoms with E-state index in [1.54, 1.807) is 24.1 Å². The fourth-order valence-electron chi connectivity index (χ4n) is 4.03. The molecule has 3 heterocycles. The van der Waals surface area contributed by atoms with Crippen molar-refractivity contribution in [2.75, 3.05) is 18.0 Å². The van der Waals surface area contributed by atoms with Gasteiger partial charge in [-0.05, 0) is 30.2 Å². The molecule has 14 heteroatoms. The number of halogens is 6. The zero-order valence-corrected chi connectivity index (χ0v) is 18.8. The molecule has 1 aliphatic rings. The first-order chi connectivity index (χ1) is 16.8. The second kappa shape index (κ2) is 9.32. The van der Waals surface area contributed by atoms with Crippen LogP contribution in [0.2, 0.25) is 0 Å². The lowest BCUT2D eigenvalue weighted by atomic mass is 10.0. The van der Waals surface area contributed by atoms with E-state index in [0.29, 0.717) is 29.7 Å². The fourth-order valence-corrected chi connectivity index (χ4v) is 4.03. The summed E-state index contributed by atoms with van der Waals surface area (Å²) in [6, 6.07) is 0.801. The molecule has 1 fully saturated rings. The third-order valence-corrected chi connectivity index (χ3v) is 5.81. The lowest BCUT2D eigenvalue weighted by Gasteiger charge is -2.29. The van der Waals surface area contributed by atoms with Crippen molar-refractivity contribution in [2.45, 2.75) is 31.4 Å². The molecule has 192 valence electrons. The molecule has 3 aromatic rings. The molecule has 1 atom stereocenters. The van der Waals surface area contributed by atoms with E-state index >= 15 is 0 Å². The summed E-state index contributed by atoms with van der Waals surface area (Å²) in [7, 11) is 1.72. The number of anilines is 1. The molecule has 8 nitrogen and oxygen atoms in total. The molecule has 0 bridgehead atoms. The minimum Gasteiger partial charge on any atom is -0.465 e. The molecule has 1 saturated heterocycles. The van der Waals surface area contributed by atoms with Gasteiger partial charge in [0.2, 0.25) is 5.95 Å². The molecule has 0 saturated carbocycles.